The molecule has 31 atom stereocenters. The van der Waals surface area contributed by atoms with Crippen LogP contribution in [0.3, 0.4) is 0 Å². The molecule has 11 saturated heterocycles. The molecule has 6 bridgehead atoms. The van der Waals surface area contributed by atoms with Crippen LogP contribution in [-0.2, 0) is 82.5 Å². The number of rotatable bonds is 26. The topological polar surface area (TPSA) is 198 Å². The van der Waals surface area contributed by atoms with Gasteiger partial charge >= 0.3 is 61.6 Å². The fourth-order valence-electron chi connectivity index (χ4n) is 21.7. The van der Waals surface area contributed by atoms with E-state index in [0.717, 1.165) is 185 Å². The van der Waals surface area contributed by atoms with Crippen molar-refractivity contribution in [3.63, 3.8) is 0 Å². The number of ether oxygens (including phenoxy) is 7. The first-order valence-electron chi connectivity index (χ1n) is 39.2. The Morgan fingerprint density at radius 2 is 0.538 bits per heavy atom. The Labute approximate surface area is 565 Å². The maximum absolute atomic E-state index is 8.82. The zero-order chi connectivity index (χ0) is 61.2. The summed E-state index contributed by atoms with van der Waals surface area (Å²) >= 11 is 0. The molecule has 19 nitrogen and oxygen atoms in total. The summed E-state index contributed by atoms with van der Waals surface area (Å²) in [7, 11) is -31.9. The molecule has 0 aromatic rings. The summed E-state index contributed by atoms with van der Waals surface area (Å²) in [4.78, 5) is 0. The van der Waals surface area contributed by atoms with Gasteiger partial charge in [-0.3, -0.25) is 0 Å². The molecule has 0 N–H and O–H groups in total. The molecule has 11 heterocycles. The van der Waals surface area contributed by atoms with Gasteiger partial charge in [-0.1, -0.05) is 12.8 Å². The van der Waals surface area contributed by atoms with Gasteiger partial charge in [0.1, 0.15) is 0 Å². The first kappa shape index (κ1) is 63.8. The minimum atomic E-state index is -4.21. The summed E-state index contributed by atoms with van der Waals surface area (Å²) in [5, 5.41) is 0. The molecule has 28 heteroatoms. The van der Waals surface area contributed by atoms with E-state index >= 15 is 0 Å². The van der Waals surface area contributed by atoms with Crippen LogP contribution < -0.4 is 0 Å². The molecule has 0 aromatic heterocycles. The highest BCUT2D eigenvalue weighted by Crippen LogP contribution is 2.58. The third-order valence-corrected chi connectivity index (χ3v) is 64.3. The Morgan fingerprint density at radius 1 is 0.258 bits per heavy atom. The predicted molar refractivity (Wildman–Crippen MR) is 357 cm³/mol. The number of fused-ring (bicyclic) bond motifs is 12. The maximum Gasteiger partial charge on any atom is 0.478 e. The lowest BCUT2D eigenvalue weighted by Crippen LogP contribution is -2.83. The lowest BCUT2D eigenvalue weighted by molar-refractivity contribution is 0.000740. The van der Waals surface area contributed by atoms with E-state index in [0.29, 0.717) is 175 Å². The molecular formula is C65H110O19Si9. The predicted octanol–water partition coefficient (Wildman–Crippen LogP) is 10.8. The average molecular weight is 1450 g/mol. The van der Waals surface area contributed by atoms with Crippen molar-refractivity contribution in [2.24, 2.45) is 59.2 Å². The van der Waals surface area contributed by atoms with Crippen LogP contribution in [-0.4, -0.2) is 167 Å². The van der Waals surface area contributed by atoms with E-state index in [4.69, 9.17) is 82.5 Å². The van der Waals surface area contributed by atoms with Gasteiger partial charge in [0.2, 0.25) is 0 Å². The summed E-state index contributed by atoms with van der Waals surface area (Å²) < 4.78 is 146. The highest BCUT2D eigenvalue weighted by Gasteiger charge is 2.79. The third-order valence-electron chi connectivity index (χ3n) is 27.9. The number of hydrogen-bond acceptors (Lipinski definition) is 19. The van der Waals surface area contributed by atoms with Gasteiger partial charge in [-0.05, 0) is 264 Å². The first-order chi connectivity index (χ1) is 45.4. The molecule has 0 aromatic carbocycles. The van der Waals surface area contributed by atoms with E-state index in [1.165, 1.54) is 44.9 Å². The van der Waals surface area contributed by atoms with Crippen molar-refractivity contribution in [3.8, 4) is 0 Å². The SMILES string of the molecule is C(CC1CCC2OC2C1)[SiH2]O[Si]1(CCC2CCC3OC3C2)O[Si]2(CCC3CCC4CC4C3)O[Si]3(CCC4CCC5OC5C4)O[SiH2]O[Si]4(CCC5CCC6OC6C5)O[Si](CCC5CCC6OC6C5)(O1)O[Si](CCC1CCC5OC5C1)(O2)O[Si](CCC1CCC2OC2C1)(O3)O4. The Hall–Kier alpha value is 1.19. The van der Waals surface area contributed by atoms with E-state index in [1.54, 1.807) is 0 Å². The molecule has 520 valence electrons. The fraction of sp³-hybridized carbons (Fsp3) is 1.00. The highest BCUT2D eigenvalue weighted by molar-refractivity contribution is 7.00. The number of epoxide rings is 7. The Kier molecular flexibility index (Phi) is 17.3. The standard InChI is InChI=1S/C65H110O19Si9/c1-9-50-41-51(50)33-43(1)21-29-90-76-87(26-18-44-3-11-53-60(35-44)67-53,73-85-25-17-42-2-10-52-59(34-42)66-52)77-91(30-22-47-6-14-56-63(38-47)70-56)79-89(28-20-46-5-13-55-62(37-46)69-55)75-86-74-88(78-90,27-19-45-4-12-54-61(36-45)68-54)80-92(81-89,31-23-48-7-15-57-64(39-48)71-57)84-93(82-90,83-91)32-24-49-8-16-58-65(40-49)72-58/h42-65H,1-41,85-86H2. The van der Waals surface area contributed by atoms with Crippen molar-refractivity contribution >= 4 is 81.4 Å². The molecule has 11 aliphatic heterocycles. The van der Waals surface area contributed by atoms with Gasteiger partial charge < -0.3 is 82.5 Å². The van der Waals surface area contributed by atoms with Crippen LogP contribution in [0, 0.1) is 59.2 Å². The average Bonchev–Trinajstić information content (AvgIpc) is 1.69. The Morgan fingerprint density at radius 3 is 0.871 bits per heavy atom. The van der Waals surface area contributed by atoms with Gasteiger partial charge in [0.25, 0.3) is 10.0 Å². The van der Waals surface area contributed by atoms with Crippen molar-refractivity contribution in [1.82, 2.24) is 0 Å². The molecule has 0 amide bonds. The lowest BCUT2D eigenvalue weighted by Gasteiger charge is -2.59. The zero-order valence-electron chi connectivity index (χ0n) is 55.5. The molecule has 20 fully saturated rings. The van der Waals surface area contributed by atoms with Crippen molar-refractivity contribution in [2.45, 2.75) is 346 Å². The van der Waals surface area contributed by atoms with Gasteiger partial charge in [0.05, 0.1) is 85.5 Å². The normalized spacial score (nSPS) is 56.4. The van der Waals surface area contributed by atoms with Gasteiger partial charge in [-0.25, -0.2) is 0 Å². The van der Waals surface area contributed by atoms with Crippen LogP contribution in [0.25, 0.3) is 0 Å². The molecule has 9 aliphatic carbocycles. The Bertz CT molecular complexity index is 2630. The first-order valence-corrected chi connectivity index (χ1v) is 55.5. The summed E-state index contributed by atoms with van der Waals surface area (Å²) in [6, 6.07) is 5.33. The zero-order valence-corrected chi connectivity index (χ0v) is 65.3. The van der Waals surface area contributed by atoms with Gasteiger partial charge in [-0.15, -0.1) is 0 Å². The van der Waals surface area contributed by atoms with Gasteiger partial charge in [0, 0.05) is 42.3 Å². The van der Waals surface area contributed by atoms with Crippen LogP contribution in [0.4, 0.5) is 0 Å². The minimum absolute atomic E-state index is 0.333. The third kappa shape index (κ3) is 14.3. The molecule has 0 spiro atoms. The largest absolute Gasteiger partial charge is 0.478 e. The Balaban J connectivity index is 0.743. The van der Waals surface area contributed by atoms with Crippen LogP contribution in [0.5, 0.6) is 0 Å². The maximum atomic E-state index is 8.82. The minimum Gasteiger partial charge on any atom is -0.422 e. The number of hydrogen-bond donors (Lipinski definition) is 0. The van der Waals surface area contributed by atoms with Gasteiger partial charge in [0.15, 0.2) is 9.76 Å². The van der Waals surface area contributed by atoms with E-state index < -0.39 is 81.4 Å². The lowest BCUT2D eigenvalue weighted by atomic mass is 9.87. The second-order valence-electron chi connectivity index (χ2n) is 34.5. The fourth-order valence-corrected chi connectivity index (χ4v) is 70.6. The summed E-state index contributed by atoms with van der Waals surface area (Å²) in [5.41, 5.74) is 0. The van der Waals surface area contributed by atoms with Crippen LogP contribution >= 0.6 is 0 Å². The van der Waals surface area contributed by atoms with Crippen molar-refractivity contribution in [1.29, 1.82) is 0 Å². The monoisotopic (exact) mass is 1450 g/mol. The van der Waals surface area contributed by atoms with Crippen molar-refractivity contribution < 1.29 is 82.5 Å². The molecule has 20 aliphatic rings. The van der Waals surface area contributed by atoms with Gasteiger partial charge in [-0.2, -0.15) is 0 Å². The van der Waals surface area contributed by atoms with E-state index in [2.05, 4.69) is 0 Å². The highest BCUT2D eigenvalue weighted by atomic mass is 28.6. The molecule has 0 radical (unpaired) electrons. The van der Waals surface area contributed by atoms with Crippen LogP contribution in [0.1, 0.15) is 212 Å². The molecule has 31 unspecified atom stereocenters. The van der Waals surface area contributed by atoms with Crippen LogP contribution in [0.15, 0.2) is 0 Å². The van der Waals surface area contributed by atoms with Crippen LogP contribution in [0.2, 0.25) is 48.4 Å². The van der Waals surface area contributed by atoms with Crippen molar-refractivity contribution in [3.05, 3.63) is 0 Å². The second kappa shape index (κ2) is 25.2. The molecule has 20 rings (SSSR count). The van der Waals surface area contributed by atoms with E-state index in [9.17, 15) is 0 Å². The summed E-state index contributed by atoms with van der Waals surface area (Å²) in [5.74, 6) is 5.57. The second-order valence-corrected chi connectivity index (χ2v) is 59.8. The molecule has 9 saturated carbocycles. The molecular weight excluding hydrogens is 1340 g/mol. The summed E-state index contributed by atoms with van der Waals surface area (Å²) in [6.07, 6.45) is 41.3. The summed E-state index contributed by atoms with van der Waals surface area (Å²) in [6.45, 7) is 0. The van der Waals surface area contributed by atoms with E-state index in [1.807, 2.05) is 0 Å². The van der Waals surface area contributed by atoms with Crippen molar-refractivity contribution in [2.75, 3.05) is 0 Å². The van der Waals surface area contributed by atoms with E-state index in [-0.39, 0.29) is 0 Å². The smallest absolute Gasteiger partial charge is 0.422 e. The molecule has 93 heavy (non-hydrogen) atoms. The quantitative estimate of drug-likeness (QED) is 0.0450.